The van der Waals surface area contributed by atoms with E-state index in [4.69, 9.17) is 16.0 Å². The number of methoxy groups -OCH3 is 1. The average Bonchev–Trinajstić information content (AvgIpc) is 2.35. The summed E-state index contributed by atoms with van der Waals surface area (Å²) in [6, 6.07) is 4.86. The van der Waals surface area contributed by atoms with E-state index in [0.717, 1.165) is 5.56 Å². The predicted molar refractivity (Wildman–Crippen MR) is 77.9 cm³/mol. The molecule has 0 fully saturated rings. The maximum Gasteiger partial charge on any atom is 0.412 e. The molecule has 0 bridgehead atoms. The molecular formula is C15H20N2O3. The largest absolute Gasteiger partial charge is 0.497 e. The minimum Gasteiger partial charge on any atom is -0.497 e. The van der Waals surface area contributed by atoms with Crippen LogP contribution in [0, 0.1) is 6.57 Å². The summed E-state index contributed by atoms with van der Waals surface area (Å²) in [5.74, 6) is 0.608. The molecule has 5 nitrogen and oxygen atoms in total. The Morgan fingerprint density at radius 3 is 2.55 bits per heavy atom. The third-order valence-electron chi connectivity index (χ3n) is 2.54. The monoisotopic (exact) mass is 276 g/mol. The third kappa shape index (κ3) is 4.47. The molecule has 20 heavy (non-hydrogen) atoms. The Bertz CT molecular complexity index is 527. The molecule has 108 valence electrons. The summed E-state index contributed by atoms with van der Waals surface area (Å²) < 4.78 is 10.4. The van der Waals surface area contributed by atoms with Gasteiger partial charge in [-0.1, -0.05) is 0 Å². The topological polar surface area (TPSA) is 51.9 Å². The molecule has 1 N–H and O–H groups in total. The number of amides is 1. The van der Waals surface area contributed by atoms with Crippen molar-refractivity contribution in [2.45, 2.75) is 39.3 Å². The first-order valence-corrected chi connectivity index (χ1v) is 6.31. The highest BCUT2D eigenvalue weighted by Crippen LogP contribution is 2.29. The van der Waals surface area contributed by atoms with Gasteiger partial charge in [0.2, 0.25) is 6.04 Å². The van der Waals surface area contributed by atoms with E-state index >= 15 is 0 Å². The number of rotatable bonds is 3. The quantitative estimate of drug-likeness (QED) is 0.848. The molecule has 1 amide bonds. The number of hydrogen-bond donors (Lipinski definition) is 1. The first-order valence-electron chi connectivity index (χ1n) is 6.31. The second kappa shape index (κ2) is 6.29. The van der Waals surface area contributed by atoms with Crippen molar-refractivity contribution in [3.05, 3.63) is 35.2 Å². The molecule has 0 saturated carbocycles. The van der Waals surface area contributed by atoms with E-state index in [1.807, 2.05) is 0 Å². The Labute approximate surface area is 119 Å². The van der Waals surface area contributed by atoms with Gasteiger partial charge in [0.05, 0.1) is 18.4 Å². The van der Waals surface area contributed by atoms with E-state index in [-0.39, 0.29) is 6.04 Å². The standard InChI is InChI=1S/C15H20N2O3/c1-10(16-5)12-8-7-11(19-6)9-13(12)17-14(18)20-15(2,3)4/h7-10H,1-4,6H3,(H,17,18). The van der Waals surface area contributed by atoms with E-state index in [0.29, 0.717) is 11.4 Å². The van der Waals surface area contributed by atoms with Gasteiger partial charge in [0, 0.05) is 13.0 Å². The minimum atomic E-state index is -0.575. The summed E-state index contributed by atoms with van der Waals surface area (Å²) in [6.45, 7) is 14.3. The summed E-state index contributed by atoms with van der Waals surface area (Å²) in [5.41, 5.74) is 0.683. The maximum atomic E-state index is 11.8. The number of hydrogen-bond acceptors (Lipinski definition) is 3. The molecule has 0 aromatic heterocycles. The van der Waals surface area contributed by atoms with Crippen LogP contribution in [0.4, 0.5) is 10.5 Å². The highest BCUT2D eigenvalue weighted by atomic mass is 16.6. The molecule has 0 spiro atoms. The molecule has 0 saturated heterocycles. The van der Waals surface area contributed by atoms with Crippen LogP contribution in [0.3, 0.4) is 0 Å². The Morgan fingerprint density at radius 1 is 1.40 bits per heavy atom. The summed E-state index contributed by atoms with van der Waals surface area (Å²) in [6.07, 6.45) is -0.552. The second-order valence-corrected chi connectivity index (χ2v) is 5.39. The normalized spacial score (nSPS) is 12.2. The SMILES string of the molecule is [C-]#[N+]C(C)c1ccc(OC)cc1NC(=O)OC(C)(C)C. The summed E-state index contributed by atoms with van der Waals surface area (Å²) in [4.78, 5) is 15.3. The van der Waals surface area contributed by atoms with Crippen LogP contribution < -0.4 is 10.1 Å². The smallest absolute Gasteiger partial charge is 0.412 e. The molecule has 0 radical (unpaired) electrons. The fourth-order valence-corrected chi connectivity index (χ4v) is 1.62. The molecule has 0 aliphatic rings. The molecule has 5 heteroatoms. The van der Waals surface area contributed by atoms with Gasteiger partial charge in [-0.05, 0) is 32.9 Å². The predicted octanol–water partition coefficient (Wildman–Crippen LogP) is 4.02. The van der Waals surface area contributed by atoms with Crippen LogP contribution in [-0.4, -0.2) is 18.8 Å². The lowest BCUT2D eigenvalue weighted by atomic mass is 10.1. The van der Waals surface area contributed by atoms with Gasteiger partial charge in [-0.15, -0.1) is 0 Å². The van der Waals surface area contributed by atoms with Crippen LogP contribution in [0.5, 0.6) is 5.75 Å². The lowest BCUT2D eigenvalue weighted by Gasteiger charge is -2.20. The molecule has 1 unspecified atom stereocenters. The lowest BCUT2D eigenvalue weighted by Crippen LogP contribution is -2.27. The van der Waals surface area contributed by atoms with Crippen LogP contribution in [0.15, 0.2) is 18.2 Å². The zero-order valence-corrected chi connectivity index (χ0v) is 12.5. The Balaban J connectivity index is 3.02. The Hall–Kier alpha value is -2.22. The number of nitrogens with one attached hydrogen (secondary N) is 1. The van der Waals surface area contributed by atoms with Gasteiger partial charge in [-0.3, -0.25) is 5.32 Å². The Morgan fingerprint density at radius 2 is 2.05 bits per heavy atom. The number of nitrogens with zero attached hydrogens (tertiary/aromatic N) is 1. The number of carbonyl (C=O) groups excluding carboxylic acids is 1. The van der Waals surface area contributed by atoms with Crippen molar-refractivity contribution in [2.24, 2.45) is 0 Å². The van der Waals surface area contributed by atoms with Crippen LogP contribution in [0.2, 0.25) is 0 Å². The van der Waals surface area contributed by atoms with Gasteiger partial charge >= 0.3 is 6.09 Å². The molecule has 1 aromatic rings. The summed E-state index contributed by atoms with van der Waals surface area (Å²) in [7, 11) is 1.55. The van der Waals surface area contributed by atoms with Gasteiger partial charge in [0.25, 0.3) is 0 Å². The zero-order chi connectivity index (χ0) is 15.3. The van der Waals surface area contributed by atoms with E-state index in [2.05, 4.69) is 10.2 Å². The second-order valence-electron chi connectivity index (χ2n) is 5.39. The van der Waals surface area contributed by atoms with Crippen molar-refractivity contribution >= 4 is 11.8 Å². The van der Waals surface area contributed by atoms with Crippen molar-refractivity contribution in [2.75, 3.05) is 12.4 Å². The van der Waals surface area contributed by atoms with Crippen molar-refractivity contribution in [3.63, 3.8) is 0 Å². The highest BCUT2D eigenvalue weighted by Gasteiger charge is 2.20. The molecular weight excluding hydrogens is 256 g/mol. The fourth-order valence-electron chi connectivity index (χ4n) is 1.62. The van der Waals surface area contributed by atoms with Gasteiger partial charge in [-0.25, -0.2) is 11.4 Å². The molecule has 1 rings (SSSR count). The van der Waals surface area contributed by atoms with Crippen molar-refractivity contribution in [3.8, 4) is 5.75 Å². The minimum absolute atomic E-state index is 0.356. The molecule has 1 aromatic carbocycles. The molecule has 1 atom stereocenters. The lowest BCUT2D eigenvalue weighted by molar-refractivity contribution is 0.0636. The fraction of sp³-hybridized carbons (Fsp3) is 0.467. The first-order chi connectivity index (χ1) is 9.26. The average molecular weight is 276 g/mol. The van der Waals surface area contributed by atoms with Crippen molar-refractivity contribution in [1.82, 2.24) is 0 Å². The summed E-state index contributed by atoms with van der Waals surface area (Å²) in [5, 5.41) is 2.67. The molecule has 0 aliphatic heterocycles. The van der Waals surface area contributed by atoms with E-state index in [1.54, 1.807) is 53.0 Å². The van der Waals surface area contributed by atoms with Crippen LogP contribution in [0.25, 0.3) is 4.85 Å². The third-order valence-corrected chi connectivity index (χ3v) is 2.54. The molecule has 0 aliphatic carbocycles. The first kappa shape index (κ1) is 15.8. The van der Waals surface area contributed by atoms with Crippen LogP contribution >= 0.6 is 0 Å². The van der Waals surface area contributed by atoms with Gasteiger partial charge in [0.1, 0.15) is 11.4 Å². The van der Waals surface area contributed by atoms with E-state index in [1.165, 1.54) is 0 Å². The van der Waals surface area contributed by atoms with Crippen molar-refractivity contribution < 1.29 is 14.3 Å². The van der Waals surface area contributed by atoms with Crippen LogP contribution in [0.1, 0.15) is 39.3 Å². The summed E-state index contributed by atoms with van der Waals surface area (Å²) >= 11 is 0. The van der Waals surface area contributed by atoms with Gasteiger partial charge in [0.15, 0.2) is 0 Å². The van der Waals surface area contributed by atoms with Gasteiger partial charge in [-0.2, -0.15) is 0 Å². The Kier molecular flexibility index (Phi) is 4.98. The van der Waals surface area contributed by atoms with E-state index < -0.39 is 11.7 Å². The maximum absolute atomic E-state index is 11.8. The molecule has 0 heterocycles. The van der Waals surface area contributed by atoms with E-state index in [9.17, 15) is 4.79 Å². The van der Waals surface area contributed by atoms with Crippen LogP contribution in [-0.2, 0) is 4.74 Å². The number of benzene rings is 1. The number of anilines is 1. The number of ether oxygens (including phenoxy) is 2. The number of carbonyl (C=O) groups is 1. The highest BCUT2D eigenvalue weighted by molar-refractivity contribution is 5.86. The zero-order valence-electron chi connectivity index (χ0n) is 12.5. The van der Waals surface area contributed by atoms with Gasteiger partial charge < -0.3 is 14.3 Å². The van der Waals surface area contributed by atoms with Crippen molar-refractivity contribution in [1.29, 1.82) is 0 Å².